The van der Waals surface area contributed by atoms with Crippen LogP contribution >= 0.6 is 15.9 Å². The summed E-state index contributed by atoms with van der Waals surface area (Å²) >= 11 is 2.89. The standard InChI is InChI=1S/C9H5BrF2N2O/c10-5-1-4(2-6(11)9(5)12)7-3-8(13)14-15-7/h1-3H,(H2,13,14). The topological polar surface area (TPSA) is 52.0 Å². The molecule has 0 aliphatic rings. The van der Waals surface area contributed by atoms with Gasteiger partial charge in [-0.2, -0.15) is 0 Å². The molecule has 2 rings (SSSR count). The van der Waals surface area contributed by atoms with Gasteiger partial charge in [-0.25, -0.2) is 8.78 Å². The number of hydrogen-bond donors (Lipinski definition) is 1. The van der Waals surface area contributed by atoms with Gasteiger partial charge in [0.2, 0.25) is 0 Å². The third kappa shape index (κ3) is 1.85. The molecule has 0 bridgehead atoms. The van der Waals surface area contributed by atoms with Crippen LogP contribution in [0.1, 0.15) is 0 Å². The lowest BCUT2D eigenvalue weighted by Gasteiger charge is -1.99. The molecule has 6 heteroatoms. The van der Waals surface area contributed by atoms with E-state index in [0.717, 1.165) is 6.07 Å². The van der Waals surface area contributed by atoms with Crippen LogP contribution < -0.4 is 5.73 Å². The molecule has 2 aromatic rings. The van der Waals surface area contributed by atoms with Crippen molar-refractivity contribution in [3.05, 3.63) is 34.3 Å². The van der Waals surface area contributed by atoms with Crippen molar-refractivity contribution < 1.29 is 13.3 Å². The summed E-state index contributed by atoms with van der Waals surface area (Å²) in [6.45, 7) is 0. The van der Waals surface area contributed by atoms with E-state index in [9.17, 15) is 8.78 Å². The van der Waals surface area contributed by atoms with Crippen LogP contribution in [0.25, 0.3) is 11.3 Å². The first kappa shape index (κ1) is 10.1. The third-order valence-electron chi connectivity index (χ3n) is 1.80. The summed E-state index contributed by atoms with van der Waals surface area (Å²) in [4.78, 5) is 0. The molecule has 0 radical (unpaired) electrons. The van der Waals surface area contributed by atoms with Crippen LogP contribution in [0.2, 0.25) is 0 Å². The van der Waals surface area contributed by atoms with Gasteiger partial charge >= 0.3 is 0 Å². The molecule has 0 unspecified atom stereocenters. The second-order valence-corrected chi connectivity index (χ2v) is 3.72. The van der Waals surface area contributed by atoms with Crippen LogP contribution in [0.3, 0.4) is 0 Å². The maximum Gasteiger partial charge on any atom is 0.173 e. The smallest absolute Gasteiger partial charge is 0.173 e. The van der Waals surface area contributed by atoms with E-state index in [0.29, 0.717) is 5.56 Å². The number of nitrogens with zero attached hydrogens (tertiary/aromatic N) is 1. The minimum atomic E-state index is -0.964. The molecule has 15 heavy (non-hydrogen) atoms. The van der Waals surface area contributed by atoms with Crippen molar-refractivity contribution in [1.82, 2.24) is 5.16 Å². The van der Waals surface area contributed by atoms with Gasteiger partial charge in [0.15, 0.2) is 23.2 Å². The first-order valence-electron chi connectivity index (χ1n) is 3.95. The highest BCUT2D eigenvalue weighted by molar-refractivity contribution is 9.10. The van der Waals surface area contributed by atoms with Crippen LogP contribution in [0, 0.1) is 11.6 Å². The largest absolute Gasteiger partial charge is 0.381 e. The summed E-state index contributed by atoms with van der Waals surface area (Å²) in [6.07, 6.45) is 0. The van der Waals surface area contributed by atoms with Crippen LogP contribution in [0.15, 0.2) is 27.2 Å². The van der Waals surface area contributed by atoms with Crippen LogP contribution in [0.5, 0.6) is 0 Å². The lowest BCUT2D eigenvalue weighted by atomic mass is 10.1. The monoisotopic (exact) mass is 274 g/mol. The third-order valence-corrected chi connectivity index (χ3v) is 2.37. The minimum absolute atomic E-state index is 0.0208. The van der Waals surface area contributed by atoms with Gasteiger partial charge in [-0.05, 0) is 28.1 Å². The van der Waals surface area contributed by atoms with Crippen LogP contribution in [0.4, 0.5) is 14.6 Å². The van der Waals surface area contributed by atoms with E-state index in [-0.39, 0.29) is 16.1 Å². The molecule has 1 aromatic carbocycles. The Bertz CT molecular complexity index is 490. The van der Waals surface area contributed by atoms with Crippen LogP contribution in [-0.4, -0.2) is 5.16 Å². The van der Waals surface area contributed by atoms with Gasteiger partial charge in [-0.3, -0.25) is 0 Å². The summed E-state index contributed by atoms with van der Waals surface area (Å²) in [5.41, 5.74) is 5.70. The highest BCUT2D eigenvalue weighted by atomic mass is 79.9. The minimum Gasteiger partial charge on any atom is -0.381 e. The lowest BCUT2D eigenvalue weighted by Crippen LogP contribution is -1.87. The summed E-state index contributed by atoms with van der Waals surface area (Å²) in [6, 6.07) is 3.83. The zero-order valence-corrected chi connectivity index (χ0v) is 8.88. The van der Waals surface area contributed by atoms with Gasteiger partial charge in [0.25, 0.3) is 0 Å². The molecule has 1 aromatic heterocycles. The van der Waals surface area contributed by atoms with E-state index >= 15 is 0 Å². The highest BCUT2D eigenvalue weighted by Gasteiger charge is 2.12. The molecule has 3 nitrogen and oxygen atoms in total. The molecular weight excluding hydrogens is 270 g/mol. The molecule has 0 aliphatic carbocycles. The Labute approximate surface area is 92.0 Å². The predicted molar refractivity (Wildman–Crippen MR) is 54.0 cm³/mol. The Hall–Kier alpha value is -1.43. The van der Waals surface area contributed by atoms with E-state index in [1.165, 1.54) is 12.1 Å². The Balaban J connectivity index is 2.55. The van der Waals surface area contributed by atoms with Crippen molar-refractivity contribution in [1.29, 1.82) is 0 Å². The Kier molecular flexibility index (Phi) is 2.44. The second kappa shape index (κ2) is 3.62. The van der Waals surface area contributed by atoms with Crippen molar-refractivity contribution in [2.45, 2.75) is 0 Å². The van der Waals surface area contributed by atoms with Gasteiger partial charge in [0, 0.05) is 11.6 Å². The fraction of sp³-hybridized carbons (Fsp3) is 0. The molecule has 0 saturated heterocycles. The summed E-state index contributed by atoms with van der Waals surface area (Å²) in [5, 5.41) is 3.45. The van der Waals surface area contributed by atoms with Crippen molar-refractivity contribution in [3.8, 4) is 11.3 Å². The number of aromatic nitrogens is 1. The second-order valence-electron chi connectivity index (χ2n) is 2.87. The molecule has 0 fully saturated rings. The quantitative estimate of drug-likeness (QED) is 0.814. The summed E-state index contributed by atoms with van der Waals surface area (Å²) in [7, 11) is 0. The zero-order chi connectivity index (χ0) is 11.0. The zero-order valence-electron chi connectivity index (χ0n) is 7.30. The van der Waals surface area contributed by atoms with Crippen molar-refractivity contribution >= 4 is 21.7 Å². The van der Waals surface area contributed by atoms with Crippen molar-refractivity contribution in [2.24, 2.45) is 0 Å². The number of halogens is 3. The first-order valence-corrected chi connectivity index (χ1v) is 4.74. The molecule has 0 aliphatic heterocycles. The number of nitrogens with two attached hydrogens (primary N) is 1. The molecule has 0 saturated carbocycles. The van der Waals surface area contributed by atoms with E-state index in [4.69, 9.17) is 10.3 Å². The normalized spacial score (nSPS) is 10.6. The highest BCUT2D eigenvalue weighted by Crippen LogP contribution is 2.28. The maximum atomic E-state index is 13.0. The van der Waals surface area contributed by atoms with E-state index < -0.39 is 11.6 Å². The van der Waals surface area contributed by atoms with Gasteiger partial charge in [-0.1, -0.05) is 5.16 Å². The number of nitrogen functional groups attached to an aromatic ring is 1. The fourth-order valence-electron chi connectivity index (χ4n) is 1.12. The Morgan fingerprint density at radius 1 is 1.27 bits per heavy atom. The van der Waals surface area contributed by atoms with Gasteiger partial charge in [-0.15, -0.1) is 0 Å². The Morgan fingerprint density at radius 3 is 2.53 bits per heavy atom. The van der Waals surface area contributed by atoms with Gasteiger partial charge < -0.3 is 10.3 Å². The van der Waals surface area contributed by atoms with Crippen molar-refractivity contribution in [2.75, 3.05) is 5.73 Å². The van der Waals surface area contributed by atoms with E-state index in [2.05, 4.69) is 21.1 Å². The summed E-state index contributed by atoms with van der Waals surface area (Å²) in [5.74, 6) is -1.43. The molecular formula is C9H5BrF2N2O. The summed E-state index contributed by atoms with van der Waals surface area (Å²) < 4.78 is 30.8. The van der Waals surface area contributed by atoms with E-state index in [1.807, 2.05) is 0 Å². The molecule has 78 valence electrons. The molecule has 1 heterocycles. The maximum absolute atomic E-state index is 13.0. The predicted octanol–water partition coefficient (Wildman–Crippen LogP) is 2.96. The van der Waals surface area contributed by atoms with Gasteiger partial charge in [0.1, 0.15) is 0 Å². The molecule has 0 amide bonds. The lowest BCUT2D eigenvalue weighted by molar-refractivity contribution is 0.435. The molecule has 2 N–H and O–H groups in total. The van der Waals surface area contributed by atoms with Crippen molar-refractivity contribution in [3.63, 3.8) is 0 Å². The number of benzene rings is 1. The molecule has 0 spiro atoms. The average Bonchev–Trinajstić information content (AvgIpc) is 2.60. The van der Waals surface area contributed by atoms with Gasteiger partial charge in [0.05, 0.1) is 4.47 Å². The first-order chi connectivity index (χ1) is 7.08. The van der Waals surface area contributed by atoms with Crippen LogP contribution in [-0.2, 0) is 0 Å². The molecule has 0 atom stereocenters. The number of anilines is 1. The average molecular weight is 275 g/mol. The fourth-order valence-corrected chi connectivity index (χ4v) is 1.56. The number of hydrogen-bond acceptors (Lipinski definition) is 3. The Morgan fingerprint density at radius 2 is 2.00 bits per heavy atom. The number of rotatable bonds is 1. The van der Waals surface area contributed by atoms with E-state index in [1.54, 1.807) is 0 Å². The SMILES string of the molecule is Nc1cc(-c2cc(F)c(F)c(Br)c2)on1.